The quantitative estimate of drug-likeness (QED) is 0.619. The van der Waals surface area contributed by atoms with Gasteiger partial charge in [0.1, 0.15) is 18.0 Å². The van der Waals surface area contributed by atoms with Gasteiger partial charge in [0.2, 0.25) is 0 Å². The number of hydrogen-bond acceptors (Lipinski definition) is 7. The van der Waals surface area contributed by atoms with Crippen LogP contribution in [-0.4, -0.2) is 51.9 Å². The van der Waals surface area contributed by atoms with Crippen LogP contribution in [0.2, 0.25) is 0 Å². The van der Waals surface area contributed by atoms with E-state index in [9.17, 15) is 19.2 Å². The molecule has 10 nitrogen and oxygen atoms in total. The van der Waals surface area contributed by atoms with Gasteiger partial charge in [-0.3, -0.25) is 9.48 Å². The predicted molar refractivity (Wildman–Crippen MR) is 112 cm³/mol. The molecule has 2 heterocycles. The second-order valence-corrected chi connectivity index (χ2v) is 8.32. The molecule has 1 saturated heterocycles. The van der Waals surface area contributed by atoms with Gasteiger partial charge in [-0.05, 0) is 43.5 Å². The third-order valence-corrected chi connectivity index (χ3v) is 5.82. The Morgan fingerprint density at radius 2 is 2.06 bits per heavy atom. The first-order valence-electron chi connectivity index (χ1n) is 10.3. The monoisotopic (exact) mass is 441 g/mol. The number of ether oxygens (including phenoxy) is 1. The molecule has 2 aliphatic rings. The molecule has 1 saturated carbocycles. The van der Waals surface area contributed by atoms with E-state index < -0.39 is 29.3 Å². The van der Waals surface area contributed by atoms with Crippen molar-refractivity contribution >= 4 is 23.5 Å². The topological polar surface area (TPSA) is 152 Å². The van der Waals surface area contributed by atoms with Crippen molar-refractivity contribution in [2.24, 2.45) is 17.4 Å². The number of amides is 2. The zero-order chi connectivity index (χ0) is 22.9. The lowest BCUT2D eigenvalue weighted by Crippen LogP contribution is -2.45. The SMILES string of the molecule is N#CC1CN(C(=O)OCC2(N)CC2)CCC1n1cc(C(N)=O)c(Nc2ccc(F)cc2)n1. The smallest absolute Gasteiger partial charge is 0.409 e. The van der Waals surface area contributed by atoms with E-state index in [0.29, 0.717) is 18.7 Å². The Balaban J connectivity index is 1.47. The normalized spacial score (nSPS) is 21.5. The molecule has 11 heteroatoms. The van der Waals surface area contributed by atoms with Crippen LogP contribution in [0.25, 0.3) is 0 Å². The largest absolute Gasteiger partial charge is 0.447 e. The minimum absolute atomic E-state index is 0.144. The molecule has 1 aromatic carbocycles. The average Bonchev–Trinajstić information content (AvgIpc) is 3.37. The fourth-order valence-electron chi connectivity index (χ4n) is 3.65. The highest BCUT2D eigenvalue weighted by Gasteiger charge is 2.41. The number of carbonyl (C=O) groups is 2. The number of nitrogens with two attached hydrogens (primary N) is 2. The number of nitrogens with one attached hydrogen (secondary N) is 1. The molecule has 2 amide bonds. The Morgan fingerprint density at radius 3 is 2.69 bits per heavy atom. The van der Waals surface area contributed by atoms with Crippen molar-refractivity contribution in [2.75, 3.05) is 25.0 Å². The fraction of sp³-hybridized carbons (Fsp3) is 0.429. The van der Waals surface area contributed by atoms with Crippen LogP contribution in [0.3, 0.4) is 0 Å². The Bertz CT molecular complexity index is 1060. The number of aromatic nitrogens is 2. The molecule has 2 unspecified atom stereocenters. The summed E-state index contributed by atoms with van der Waals surface area (Å²) in [5.41, 5.74) is 11.7. The maximum Gasteiger partial charge on any atom is 0.409 e. The summed E-state index contributed by atoms with van der Waals surface area (Å²) in [6.07, 6.45) is 3.11. The maximum atomic E-state index is 13.2. The van der Waals surface area contributed by atoms with Crippen LogP contribution in [0, 0.1) is 23.1 Å². The molecule has 2 atom stereocenters. The molecule has 32 heavy (non-hydrogen) atoms. The lowest BCUT2D eigenvalue weighted by atomic mass is 9.94. The molecule has 2 fully saturated rings. The number of piperidine rings is 1. The van der Waals surface area contributed by atoms with Crippen molar-refractivity contribution in [1.29, 1.82) is 5.26 Å². The predicted octanol–water partition coefficient (Wildman–Crippen LogP) is 1.88. The highest BCUT2D eigenvalue weighted by Crippen LogP contribution is 2.33. The van der Waals surface area contributed by atoms with Gasteiger partial charge in [-0.2, -0.15) is 10.4 Å². The molecule has 4 rings (SSSR count). The number of nitrogens with zero attached hydrogens (tertiary/aromatic N) is 4. The van der Waals surface area contributed by atoms with Crippen LogP contribution < -0.4 is 16.8 Å². The first-order chi connectivity index (χ1) is 15.3. The van der Waals surface area contributed by atoms with E-state index in [4.69, 9.17) is 16.2 Å². The number of anilines is 2. The van der Waals surface area contributed by atoms with Gasteiger partial charge in [0.25, 0.3) is 5.91 Å². The van der Waals surface area contributed by atoms with Crippen molar-refractivity contribution in [3.05, 3.63) is 41.8 Å². The Kier molecular flexibility index (Phi) is 5.71. The Labute approximate surface area is 183 Å². The standard InChI is InChI=1S/C21H24FN7O3/c22-14-1-3-15(4-2-14)26-19-16(18(24)30)11-29(27-19)17-5-8-28(10-13(17)9-23)20(31)32-12-21(25)6-7-21/h1-4,11,13,17H,5-8,10,12,25H2,(H2,24,30)(H,26,27). The zero-order valence-corrected chi connectivity index (χ0v) is 17.3. The Morgan fingerprint density at radius 1 is 1.34 bits per heavy atom. The van der Waals surface area contributed by atoms with E-state index >= 15 is 0 Å². The third-order valence-electron chi connectivity index (χ3n) is 5.82. The molecule has 2 aromatic rings. The summed E-state index contributed by atoms with van der Waals surface area (Å²) in [5.74, 6) is -1.44. The molecular formula is C21H24FN7O3. The van der Waals surface area contributed by atoms with Gasteiger partial charge < -0.3 is 26.4 Å². The number of halogens is 1. The van der Waals surface area contributed by atoms with Gasteiger partial charge in [0.15, 0.2) is 5.82 Å². The summed E-state index contributed by atoms with van der Waals surface area (Å²) >= 11 is 0. The van der Waals surface area contributed by atoms with Crippen LogP contribution in [0.5, 0.6) is 0 Å². The van der Waals surface area contributed by atoms with Crippen molar-refractivity contribution in [3.63, 3.8) is 0 Å². The van der Waals surface area contributed by atoms with E-state index in [1.807, 2.05) is 0 Å². The van der Waals surface area contributed by atoms with Crippen molar-refractivity contribution in [3.8, 4) is 6.07 Å². The second kappa shape index (κ2) is 8.47. The molecule has 0 bridgehead atoms. The second-order valence-electron chi connectivity index (χ2n) is 8.32. The number of primary amides is 1. The number of carbonyl (C=O) groups excluding carboxylic acids is 2. The maximum absolute atomic E-state index is 13.2. The summed E-state index contributed by atoms with van der Waals surface area (Å²) in [5, 5.41) is 17.1. The van der Waals surface area contributed by atoms with Crippen LogP contribution in [0.4, 0.5) is 20.7 Å². The summed E-state index contributed by atoms with van der Waals surface area (Å²) in [6, 6.07) is 7.43. The van der Waals surface area contributed by atoms with Crippen LogP contribution in [-0.2, 0) is 4.74 Å². The number of benzene rings is 1. The zero-order valence-electron chi connectivity index (χ0n) is 17.3. The van der Waals surface area contributed by atoms with E-state index in [1.54, 1.807) is 0 Å². The molecule has 5 N–H and O–H groups in total. The van der Waals surface area contributed by atoms with E-state index in [1.165, 1.54) is 40.0 Å². The molecule has 0 radical (unpaired) electrons. The van der Waals surface area contributed by atoms with Gasteiger partial charge in [0, 0.05) is 25.0 Å². The highest BCUT2D eigenvalue weighted by molar-refractivity contribution is 5.98. The molecule has 168 valence electrons. The van der Waals surface area contributed by atoms with E-state index in [-0.39, 0.29) is 30.6 Å². The minimum Gasteiger partial charge on any atom is -0.447 e. The van der Waals surface area contributed by atoms with Gasteiger partial charge in [0.05, 0.1) is 23.6 Å². The van der Waals surface area contributed by atoms with Crippen molar-refractivity contribution < 1.29 is 18.7 Å². The number of likely N-dealkylation sites (tertiary alicyclic amines) is 1. The highest BCUT2D eigenvalue weighted by atomic mass is 19.1. The lowest BCUT2D eigenvalue weighted by Gasteiger charge is -2.35. The first kappa shape index (κ1) is 21.6. The molecule has 0 spiro atoms. The summed E-state index contributed by atoms with van der Waals surface area (Å²) in [4.78, 5) is 25.8. The summed E-state index contributed by atoms with van der Waals surface area (Å²) < 4.78 is 20.0. The van der Waals surface area contributed by atoms with E-state index in [2.05, 4.69) is 16.5 Å². The molecule has 1 aromatic heterocycles. The summed E-state index contributed by atoms with van der Waals surface area (Å²) in [6.45, 7) is 0.707. The molecule has 1 aliphatic heterocycles. The Hall–Kier alpha value is -3.65. The van der Waals surface area contributed by atoms with Gasteiger partial charge in [-0.15, -0.1) is 0 Å². The van der Waals surface area contributed by atoms with Crippen LogP contribution in [0.15, 0.2) is 30.5 Å². The minimum atomic E-state index is -0.689. The van der Waals surface area contributed by atoms with Crippen LogP contribution in [0.1, 0.15) is 35.7 Å². The van der Waals surface area contributed by atoms with Crippen molar-refractivity contribution in [1.82, 2.24) is 14.7 Å². The first-order valence-corrected chi connectivity index (χ1v) is 10.3. The number of nitriles is 1. The average molecular weight is 441 g/mol. The van der Waals surface area contributed by atoms with Crippen LogP contribution >= 0.6 is 0 Å². The molecular weight excluding hydrogens is 417 g/mol. The number of hydrogen-bond donors (Lipinski definition) is 3. The third kappa shape index (κ3) is 4.65. The van der Waals surface area contributed by atoms with Crippen molar-refractivity contribution in [2.45, 2.75) is 30.8 Å². The lowest BCUT2D eigenvalue weighted by molar-refractivity contribution is 0.0720. The number of rotatable bonds is 6. The van der Waals surface area contributed by atoms with Gasteiger partial charge in [-0.1, -0.05) is 0 Å². The fourth-order valence-corrected chi connectivity index (χ4v) is 3.65. The summed E-state index contributed by atoms with van der Waals surface area (Å²) in [7, 11) is 0. The molecule has 1 aliphatic carbocycles. The van der Waals surface area contributed by atoms with E-state index in [0.717, 1.165) is 12.8 Å². The van der Waals surface area contributed by atoms with Gasteiger partial charge >= 0.3 is 6.09 Å². The van der Waals surface area contributed by atoms with Gasteiger partial charge in [-0.25, -0.2) is 9.18 Å².